The summed E-state index contributed by atoms with van der Waals surface area (Å²) in [6.45, 7) is 0. The summed E-state index contributed by atoms with van der Waals surface area (Å²) in [4.78, 5) is 4.03. The smallest absolute Gasteiger partial charge is 0.123 e. The Morgan fingerprint density at radius 3 is 2.75 bits per heavy atom. The van der Waals surface area contributed by atoms with Gasteiger partial charge in [0, 0.05) is 12.2 Å². The van der Waals surface area contributed by atoms with Crippen LogP contribution in [0.25, 0.3) is 0 Å². The van der Waals surface area contributed by atoms with E-state index in [1.807, 2.05) is 12.3 Å². The van der Waals surface area contributed by atoms with Gasteiger partial charge in [0.15, 0.2) is 0 Å². The molecule has 1 aliphatic carbocycles. The van der Waals surface area contributed by atoms with E-state index in [1.165, 1.54) is 31.2 Å². The Morgan fingerprint density at radius 1 is 1.38 bits per heavy atom. The molecule has 0 unspecified atom stereocenters. The van der Waals surface area contributed by atoms with Gasteiger partial charge in [-0.2, -0.15) is 0 Å². The van der Waals surface area contributed by atoms with Crippen molar-refractivity contribution in [3.8, 4) is 0 Å². The molecular formula is C13H21N3. The molecule has 1 saturated carbocycles. The molecule has 2 rings (SSSR count). The minimum atomic E-state index is 0.640. The number of nitrogens with zero attached hydrogens (tertiary/aromatic N) is 1. The number of nitrogens with two attached hydrogens (primary N) is 1. The van der Waals surface area contributed by atoms with E-state index in [2.05, 4.69) is 23.4 Å². The Balaban J connectivity index is 1.87. The van der Waals surface area contributed by atoms with Crippen molar-refractivity contribution < 1.29 is 0 Å². The van der Waals surface area contributed by atoms with Crippen molar-refractivity contribution in [3.05, 3.63) is 23.9 Å². The van der Waals surface area contributed by atoms with Crippen molar-refractivity contribution in [3.63, 3.8) is 0 Å². The SMILES string of the molecule is CNC1CCC(Cc2ccnc(N)c2)CC1. The molecule has 0 aliphatic heterocycles. The van der Waals surface area contributed by atoms with E-state index in [0.717, 1.165) is 18.4 Å². The normalized spacial score (nSPS) is 25.6. The molecule has 3 N–H and O–H groups in total. The second kappa shape index (κ2) is 5.30. The maximum Gasteiger partial charge on any atom is 0.123 e. The zero-order valence-corrected chi connectivity index (χ0v) is 9.95. The van der Waals surface area contributed by atoms with E-state index >= 15 is 0 Å². The Kier molecular flexibility index (Phi) is 3.78. The van der Waals surface area contributed by atoms with E-state index in [1.54, 1.807) is 0 Å². The molecule has 0 bridgehead atoms. The average molecular weight is 219 g/mol. The number of anilines is 1. The molecule has 0 atom stereocenters. The molecule has 1 aromatic heterocycles. The van der Waals surface area contributed by atoms with Crippen molar-refractivity contribution >= 4 is 5.82 Å². The summed E-state index contributed by atoms with van der Waals surface area (Å²) >= 11 is 0. The molecule has 88 valence electrons. The number of nitrogens with one attached hydrogen (secondary N) is 1. The molecule has 1 aromatic rings. The van der Waals surface area contributed by atoms with E-state index < -0.39 is 0 Å². The second-order valence-corrected chi connectivity index (χ2v) is 4.80. The highest BCUT2D eigenvalue weighted by atomic mass is 14.9. The number of hydrogen-bond donors (Lipinski definition) is 2. The maximum absolute atomic E-state index is 5.69. The standard InChI is InChI=1S/C13H21N3/c1-15-12-4-2-10(3-5-12)8-11-6-7-16-13(14)9-11/h6-7,9-10,12,15H,2-5,8H2,1H3,(H2,14,16). The lowest BCUT2D eigenvalue weighted by molar-refractivity contribution is 0.300. The van der Waals surface area contributed by atoms with Crippen molar-refractivity contribution in [1.29, 1.82) is 0 Å². The Hall–Kier alpha value is -1.09. The van der Waals surface area contributed by atoms with Crippen LogP contribution in [0.5, 0.6) is 0 Å². The van der Waals surface area contributed by atoms with Crippen LogP contribution >= 0.6 is 0 Å². The Labute approximate surface area is 97.5 Å². The first kappa shape index (κ1) is 11.4. The molecule has 0 aromatic carbocycles. The van der Waals surface area contributed by atoms with E-state index in [4.69, 9.17) is 5.73 Å². The van der Waals surface area contributed by atoms with Crippen LogP contribution in [0.1, 0.15) is 31.2 Å². The number of nitrogen functional groups attached to an aromatic ring is 1. The zero-order chi connectivity index (χ0) is 11.4. The number of pyridine rings is 1. The van der Waals surface area contributed by atoms with Crippen LogP contribution in [-0.2, 0) is 6.42 Å². The molecule has 0 spiro atoms. The third-order valence-corrected chi connectivity index (χ3v) is 3.62. The molecule has 16 heavy (non-hydrogen) atoms. The van der Waals surface area contributed by atoms with Crippen molar-refractivity contribution in [2.75, 3.05) is 12.8 Å². The zero-order valence-electron chi connectivity index (χ0n) is 9.95. The summed E-state index contributed by atoms with van der Waals surface area (Å²) in [6, 6.07) is 4.82. The topological polar surface area (TPSA) is 50.9 Å². The highest BCUT2D eigenvalue weighted by Gasteiger charge is 2.19. The van der Waals surface area contributed by atoms with Gasteiger partial charge in [0.25, 0.3) is 0 Å². The first-order valence-electron chi connectivity index (χ1n) is 6.15. The fourth-order valence-electron chi connectivity index (χ4n) is 2.61. The molecule has 3 nitrogen and oxygen atoms in total. The van der Waals surface area contributed by atoms with Crippen molar-refractivity contribution in [1.82, 2.24) is 10.3 Å². The third-order valence-electron chi connectivity index (χ3n) is 3.62. The Bertz CT molecular complexity index is 330. The van der Waals surface area contributed by atoms with Gasteiger partial charge < -0.3 is 11.1 Å². The first-order valence-corrected chi connectivity index (χ1v) is 6.15. The molecule has 0 saturated heterocycles. The van der Waals surface area contributed by atoms with Crippen LogP contribution in [0.2, 0.25) is 0 Å². The van der Waals surface area contributed by atoms with Crippen LogP contribution in [0, 0.1) is 5.92 Å². The molecule has 3 heteroatoms. The molecule has 0 amide bonds. The van der Waals surface area contributed by atoms with Gasteiger partial charge in [-0.1, -0.05) is 0 Å². The summed E-state index contributed by atoms with van der Waals surface area (Å²) in [5, 5.41) is 3.37. The monoisotopic (exact) mass is 219 g/mol. The lowest BCUT2D eigenvalue weighted by Gasteiger charge is -2.28. The molecule has 1 aliphatic rings. The third kappa shape index (κ3) is 2.95. The summed E-state index contributed by atoms with van der Waals surface area (Å²) in [7, 11) is 2.06. The minimum absolute atomic E-state index is 0.640. The van der Waals surface area contributed by atoms with Gasteiger partial charge >= 0.3 is 0 Å². The predicted molar refractivity (Wildman–Crippen MR) is 67.2 cm³/mol. The molecular weight excluding hydrogens is 198 g/mol. The lowest BCUT2D eigenvalue weighted by Crippen LogP contribution is -2.30. The number of aromatic nitrogens is 1. The Morgan fingerprint density at radius 2 is 2.12 bits per heavy atom. The van der Waals surface area contributed by atoms with Gasteiger partial charge in [-0.05, 0) is 62.8 Å². The van der Waals surface area contributed by atoms with E-state index in [0.29, 0.717) is 5.82 Å². The van der Waals surface area contributed by atoms with Gasteiger partial charge in [0.1, 0.15) is 5.82 Å². The summed E-state index contributed by atoms with van der Waals surface area (Å²) in [5.41, 5.74) is 7.02. The maximum atomic E-state index is 5.69. The second-order valence-electron chi connectivity index (χ2n) is 4.80. The number of rotatable bonds is 3. The minimum Gasteiger partial charge on any atom is -0.384 e. The first-order chi connectivity index (χ1) is 7.78. The summed E-state index contributed by atoms with van der Waals surface area (Å²) in [5.74, 6) is 1.47. The van der Waals surface area contributed by atoms with Crippen LogP contribution in [-0.4, -0.2) is 18.1 Å². The van der Waals surface area contributed by atoms with Gasteiger partial charge in [-0.3, -0.25) is 0 Å². The predicted octanol–water partition coefficient (Wildman–Crippen LogP) is 1.98. The fraction of sp³-hybridized carbons (Fsp3) is 0.615. The van der Waals surface area contributed by atoms with Crippen molar-refractivity contribution in [2.45, 2.75) is 38.1 Å². The highest BCUT2D eigenvalue weighted by molar-refractivity contribution is 5.31. The van der Waals surface area contributed by atoms with Crippen LogP contribution in [0.15, 0.2) is 18.3 Å². The number of hydrogen-bond acceptors (Lipinski definition) is 3. The van der Waals surface area contributed by atoms with E-state index in [9.17, 15) is 0 Å². The van der Waals surface area contributed by atoms with Crippen LogP contribution in [0.3, 0.4) is 0 Å². The average Bonchev–Trinajstić information content (AvgIpc) is 2.30. The van der Waals surface area contributed by atoms with Crippen LogP contribution < -0.4 is 11.1 Å². The van der Waals surface area contributed by atoms with Gasteiger partial charge in [-0.25, -0.2) is 4.98 Å². The molecule has 1 fully saturated rings. The fourth-order valence-corrected chi connectivity index (χ4v) is 2.61. The van der Waals surface area contributed by atoms with Crippen LogP contribution in [0.4, 0.5) is 5.82 Å². The van der Waals surface area contributed by atoms with Gasteiger partial charge in [0.05, 0.1) is 0 Å². The highest BCUT2D eigenvalue weighted by Crippen LogP contribution is 2.27. The van der Waals surface area contributed by atoms with Gasteiger partial charge in [-0.15, -0.1) is 0 Å². The quantitative estimate of drug-likeness (QED) is 0.817. The lowest BCUT2D eigenvalue weighted by atomic mass is 9.82. The summed E-state index contributed by atoms with van der Waals surface area (Å²) < 4.78 is 0. The van der Waals surface area contributed by atoms with Crippen molar-refractivity contribution in [2.24, 2.45) is 5.92 Å². The summed E-state index contributed by atoms with van der Waals surface area (Å²) in [6.07, 6.45) is 8.23. The van der Waals surface area contributed by atoms with Gasteiger partial charge in [0.2, 0.25) is 0 Å². The molecule has 1 heterocycles. The largest absolute Gasteiger partial charge is 0.384 e. The molecule has 0 radical (unpaired) electrons. The van der Waals surface area contributed by atoms with E-state index in [-0.39, 0.29) is 0 Å².